The molecule has 0 aliphatic heterocycles. The first-order chi connectivity index (χ1) is 19.3. The lowest BCUT2D eigenvalue weighted by Gasteiger charge is -2.24. The molecular weight excluding hydrogens is 549 g/mol. The van der Waals surface area contributed by atoms with Crippen molar-refractivity contribution in [2.45, 2.75) is 51.6 Å². The van der Waals surface area contributed by atoms with Gasteiger partial charge in [0.2, 0.25) is 0 Å². The first-order valence-corrected chi connectivity index (χ1v) is 12.6. The topological polar surface area (TPSA) is 132 Å². The highest BCUT2D eigenvalue weighted by Gasteiger charge is 2.38. The molecule has 0 aromatic heterocycles. The summed E-state index contributed by atoms with van der Waals surface area (Å²) in [4.78, 5) is 33.7. The van der Waals surface area contributed by atoms with Gasteiger partial charge >= 0.3 is 24.2 Å². The average molecular weight is 587 g/mol. The zero-order valence-corrected chi connectivity index (χ0v) is 23.6. The van der Waals surface area contributed by atoms with Crippen LogP contribution in [0.5, 0.6) is 11.5 Å². The predicted molar refractivity (Wildman–Crippen MR) is 144 cm³/mol. The smallest absolute Gasteiger partial charge is 0.490 e. The number of amides is 1. The summed E-state index contributed by atoms with van der Waals surface area (Å²) in [5.41, 5.74) is 1.80. The number of hydrogen-bond acceptors (Lipinski definition) is 8. The van der Waals surface area contributed by atoms with Crippen LogP contribution >= 0.6 is 0 Å². The van der Waals surface area contributed by atoms with E-state index in [0.717, 1.165) is 17.5 Å². The van der Waals surface area contributed by atoms with Crippen molar-refractivity contribution in [2.75, 3.05) is 27.9 Å². The summed E-state index contributed by atoms with van der Waals surface area (Å²) < 4.78 is 52.7. The van der Waals surface area contributed by atoms with Gasteiger partial charge in [0.25, 0.3) is 0 Å². The highest BCUT2D eigenvalue weighted by atomic mass is 19.4. The lowest BCUT2D eigenvalue weighted by molar-refractivity contribution is -0.192. The molecule has 0 spiro atoms. The third-order valence-electron chi connectivity index (χ3n) is 5.52. The summed E-state index contributed by atoms with van der Waals surface area (Å²) in [6.45, 7) is 4.72. The summed E-state index contributed by atoms with van der Waals surface area (Å²) in [6, 6.07) is 14.2. The van der Waals surface area contributed by atoms with E-state index in [1.807, 2.05) is 42.5 Å². The van der Waals surface area contributed by atoms with Gasteiger partial charge < -0.3 is 34.7 Å². The molecule has 0 aliphatic carbocycles. The second kappa shape index (κ2) is 17.6. The lowest BCUT2D eigenvalue weighted by Crippen LogP contribution is -2.48. The van der Waals surface area contributed by atoms with Gasteiger partial charge in [-0.05, 0) is 42.0 Å². The SMILES string of the molecule is COC(=O)[C@H](Cc1ccc(OC)c(OC)c1)NC[C@@H](CC(C)C)NC(=O)OCc1ccccc1.O=C(O)C(F)(F)F. The van der Waals surface area contributed by atoms with Gasteiger partial charge in [-0.15, -0.1) is 0 Å². The molecule has 41 heavy (non-hydrogen) atoms. The summed E-state index contributed by atoms with van der Waals surface area (Å²) in [5, 5.41) is 13.3. The molecule has 13 heteroatoms. The number of nitrogens with one attached hydrogen (secondary N) is 2. The van der Waals surface area contributed by atoms with Crippen molar-refractivity contribution in [1.82, 2.24) is 10.6 Å². The number of carbonyl (C=O) groups is 3. The third kappa shape index (κ3) is 13.8. The number of halogens is 3. The van der Waals surface area contributed by atoms with Crippen molar-refractivity contribution in [3.63, 3.8) is 0 Å². The number of carboxylic acids is 1. The summed E-state index contributed by atoms with van der Waals surface area (Å²) >= 11 is 0. The molecule has 0 aliphatic rings. The van der Waals surface area contributed by atoms with Gasteiger partial charge in [-0.2, -0.15) is 13.2 Å². The van der Waals surface area contributed by atoms with Crippen molar-refractivity contribution in [3.05, 3.63) is 59.7 Å². The van der Waals surface area contributed by atoms with Gasteiger partial charge in [-0.1, -0.05) is 50.2 Å². The number of alkyl carbamates (subject to hydrolysis) is 1. The van der Waals surface area contributed by atoms with E-state index in [4.69, 9.17) is 28.8 Å². The first kappa shape index (κ1) is 35.0. The van der Waals surface area contributed by atoms with Gasteiger partial charge in [-0.3, -0.25) is 4.79 Å². The lowest BCUT2D eigenvalue weighted by atomic mass is 10.0. The van der Waals surface area contributed by atoms with Crippen LogP contribution in [0.25, 0.3) is 0 Å². The third-order valence-corrected chi connectivity index (χ3v) is 5.52. The van der Waals surface area contributed by atoms with E-state index in [9.17, 15) is 22.8 Å². The predicted octanol–water partition coefficient (Wildman–Crippen LogP) is 4.35. The van der Waals surface area contributed by atoms with Crippen LogP contribution in [0.2, 0.25) is 0 Å². The Balaban J connectivity index is 0.00000106. The van der Waals surface area contributed by atoms with E-state index in [0.29, 0.717) is 30.4 Å². The Morgan fingerprint density at radius 1 is 0.927 bits per heavy atom. The summed E-state index contributed by atoms with van der Waals surface area (Å²) in [6.07, 6.45) is -4.47. The minimum absolute atomic E-state index is 0.193. The molecule has 0 unspecified atom stereocenters. The van der Waals surface area contributed by atoms with Crippen LogP contribution in [0.15, 0.2) is 48.5 Å². The number of hydrogen-bond donors (Lipinski definition) is 3. The molecule has 0 radical (unpaired) electrons. The molecule has 2 aromatic rings. The van der Waals surface area contributed by atoms with E-state index >= 15 is 0 Å². The Morgan fingerprint density at radius 3 is 2.05 bits per heavy atom. The summed E-state index contributed by atoms with van der Waals surface area (Å²) in [5.74, 6) is -1.60. The zero-order valence-electron chi connectivity index (χ0n) is 23.6. The zero-order chi connectivity index (χ0) is 31.0. The number of methoxy groups -OCH3 is 3. The normalized spacial score (nSPS) is 12.3. The van der Waals surface area contributed by atoms with Crippen LogP contribution in [0.3, 0.4) is 0 Å². The monoisotopic (exact) mass is 586 g/mol. The van der Waals surface area contributed by atoms with E-state index < -0.39 is 24.3 Å². The Hall–Kier alpha value is -4.00. The molecule has 0 bridgehead atoms. The van der Waals surface area contributed by atoms with Crippen LogP contribution < -0.4 is 20.1 Å². The molecular formula is C28H37F3N2O8. The van der Waals surface area contributed by atoms with Crippen LogP contribution in [0.1, 0.15) is 31.4 Å². The standard InChI is InChI=1S/C26H36N2O6.C2HF3O2/c1-18(2)13-21(28-26(30)34-17-19-9-7-6-8-10-19)16-27-22(25(29)33-5)14-20-11-12-23(31-3)24(15-20)32-4;3-2(4,5)1(6)7/h6-12,15,18,21-22,27H,13-14,16-17H2,1-5H3,(H,28,30);(H,6,7)/t21-,22+;/m1./s1. The largest absolute Gasteiger partial charge is 0.493 e. The molecule has 1 amide bonds. The van der Waals surface area contributed by atoms with Gasteiger partial charge in [0.1, 0.15) is 12.6 Å². The molecule has 2 aromatic carbocycles. The number of aliphatic carboxylic acids is 1. The fourth-order valence-corrected chi connectivity index (χ4v) is 3.60. The molecule has 228 valence electrons. The number of esters is 1. The molecule has 10 nitrogen and oxygen atoms in total. The highest BCUT2D eigenvalue weighted by Crippen LogP contribution is 2.28. The van der Waals surface area contributed by atoms with Crippen LogP contribution in [-0.4, -0.2) is 69.3 Å². The second-order valence-corrected chi connectivity index (χ2v) is 9.21. The van der Waals surface area contributed by atoms with Crippen molar-refractivity contribution >= 4 is 18.0 Å². The fraction of sp³-hybridized carbons (Fsp3) is 0.464. The van der Waals surface area contributed by atoms with Crippen molar-refractivity contribution in [3.8, 4) is 11.5 Å². The maximum atomic E-state index is 12.5. The van der Waals surface area contributed by atoms with Crippen molar-refractivity contribution < 1.29 is 51.6 Å². The molecule has 0 saturated heterocycles. The Bertz CT molecular complexity index is 1100. The molecule has 0 saturated carbocycles. The quantitative estimate of drug-likeness (QED) is 0.293. The van der Waals surface area contributed by atoms with Crippen LogP contribution in [0, 0.1) is 5.92 Å². The minimum atomic E-state index is -5.08. The molecule has 0 fully saturated rings. The molecule has 2 rings (SSSR count). The first-order valence-electron chi connectivity index (χ1n) is 12.6. The Labute approximate surface area is 237 Å². The average Bonchev–Trinajstić information content (AvgIpc) is 2.93. The number of carboxylic acid groups (broad SMARTS) is 1. The van der Waals surface area contributed by atoms with Gasteiger partial charge in [0.05, 0.1) is 21.3 Å². The van der Waals surface area contributed by atoms with Gasteiger partial charge in [-0.25, -0.2) is 9.59 Å². The van der Waals surface area contributed by atoms with Gasteiger partial charge in [0, 0.05) is 12.6 Å². The summed E-state index contributed by atoms with van der Waals surface area (Å²) in [7, 11) is 4.50. The molecule has 0 heterocycles. The number of carbonyl (C=O) groups excluding carboxylic acids is 2. The number of alkyl halides is 3. The van der Waals surface area contributed by atoms with Crippen LogP contribution in [-0.2, 0) is 32.1 Å². The van der Waals surface area contributed by atoms with Crippen molar-refractivity contribution in [2.24, 2.45) is 5.92 Å². The van der Waals surface area contributed by atoms with E-state index in [1.165, 1.54) is 7.11 Å². The van der Waals surface area contributed by atoms with E-state index in [2.05, 4.69) is 24.5 Å². The maximum Gasteiger partial charge on any atom is 0.490 e. The van der Waals surface area contributed by atoms with Gasteiger partial charge in [0.15, 0.2) is 11.5 Å². The molecule has 2 atom stereocenters. The molecule has 3 N–H and O–H groups in total. The minimum Gasteiger partial charge on any atom is -0.493 e. The fourth-order valence-electron chi connectivity index (χ4n) is 3.60. The highest BCUT2D eigenvalue weighted by molar-refractivity contribution is 5.76. The Kier molecular flexibility index (Phi) is 15.1. The number of benzene rings is 2. The number of rotatable bonds is 13. The van der Waals surface area contributed by atoms with Crippen LogP contribution in [0.4, 0.5) is 18.0 Å². The maximum absolute atomic E-state index is 12.5. The van der Waals surface area contributed by atoms with Crippen molar-refractivity contribution in [1.29, 1.82) is 0 Å². The van der Waals surface area contributed by atoms with E-state index in [-0.39, 0.29) is 18.6 Å². The second-order valence-electron chi connectivity index (χ2n) is 9.21. The Morgan fingerprint density at radius 2 is 1.54 bits per heavy atom. The van der Waals surface area contributed by atoms with E-state index in [1.54, 1.807) is 20.3 Å². The number of ether oxygens (including phenoxy) is 4.